The lowest BCUT2D eigenvalue weighted by Gasteiger charge is -2.30. The van der Waals surface area contributed by atoms with Gasteiger partial charge in [0.05, 0.1) is 5.75 Å². The molecule has 0 bridgehead atoms. The Labute approximate surface area is 114 Å². The lowest BCUT2D eigenvalue weighted by atomic mass is 10.0. The molecule has 0 unspecified atom stereocenters. The first-order chi connectivity index (χ1) is 8.47. The summed E-state index contributed by atoms with van der Waals surface area (Å²) >= 11 is 5.87. The summed E-state index contributed by atoms with van der Waals surface area (Å²) in [7, 11) is -3.21. The summed E-state index contributed by atoms with van der Waals surface area (Å²) in [4.78, 5) is 0. The lowest BCUT2D eigenvalue weighted by Crippen LogP contribution is -2.39. The number of halogens is 1. The van der Waals surface area contributed by atoms with Crippen LogP contribution in [0.5, 0.6) is 0 Å². The number of sulfonamides is 1. The van der Waals surface area contributed by atoms with Crippen LogP contribution in [0.1, 0.15) is 25.3 Å². The van der Waals surface area contributed by atoms with Gasteiger partial charge in [-0.2, -0.15) is 0 Å². The predicted molar refractivity (Wildman–Crippen MR) is 74.0 cm³/mol. The molecule has 1 atom stereocenters. The average Bonchev–Trinajstić information content (AvgIpc) is 2.28. The zero-order chi connectivity index (χ0) is 13.2. The molecule has 0 aliphatic carbocycles. The largest absolute Gasteiger partial charge is 0.218 e. The van der Waals surface area contributed by atoms with Gasteiger partial charge in [0.2, 0.25) is 10.0 Å². The number of nitrogens with zero attached hydrogens (tertiary/aromatic N) is 1. The Hall–Kier alpha value is -0.580. The van der Waals surface area contributed by atoms with Gasteiger partial charge in [0.25, 0.3) is 0 Å². The minimum absolute atomic E-state index is 0.0419. The second kappa shape index (κ2) is 5.59. The molecule has 1 aromatic rings. The third-order valence-corrected chi connectivity index (χ3v) is 5.30. The van der Waals surface area contributed by atoms with Gasteiger partial charge in [0, 0.05) is 18.1 Å². The summed E-state index contributed by atoms with van der Waals surface area (Å²) in [5.41, 5.74) is 0.751. The Morgan fingerprint density at radius 2 is 2.22 bits per heavy atom. The Balaban J connectivity index is 2.11. The number of rotatable bonds is 3. The van der Waals surface area contributed by atoms with Crippen molar-refractivity contribution in [1.82, 2.24) is 4.31 Å². The van der Waals surface area contributed by atoms with Gasteiger partial charge in [-0.1, -0.05) is 30.7 Å². The normalized spacial score (nSPS) is 22.0. The van der Waals surface area contributed by atoms with Crippen molar-refractivity contribution in [2.45, 2.75) is 25.5 Å². The van der Waals surface area contributed by atoms with Crippen molar-refractivity contribution in [3.8, 4) is 0 Å². The van der Waals surface area contributed by atoms with Crippen LogP contribution in [0.4, 0.5) is 0 Å². The first-order valence-corrected chi connectivity index (χ1v) is 8.18. The van der Waals surface area contributed by atoms with Crippen LogP contribution in [0.15, 0.2) is 24.3 Å². The van der Waals surface area contributed by atoms with E-state index in [1.165, 1.54) is 0 Å². The zero-order valence-electron chi connectivity index (χ0n) is 10.5. The van der Waals surface area contributed by atoms with Gasteiger partial charge in [0.1, 0.15) is 0 Å². The molecule has 0 saturated carbocycles. The topological polar surface area (TPSA) is 37.4 Å². The Morgan fingerprint density at radius 1 is 1.44 bits per heavy atom. The SMILES string of the molecule is C[C@H]1CCCN(S(=O)(=O)Cc2cccc(Cl)c2)C1. The highest BCUT2D eigenvalue weighted by molar-refractivity contribution is 7.88. The highest BCUT2D eigenvalue weighted by Gasteiger charge is 2.27. The van der Waals surface area contributed by atoms with Crippen molar-refractivity contribution >= 4 is 21.6 Å². The molecule has 0 aromatic heterocycles. The average molecular weight is 288 g/mol. The minimum atomic E-state index is -3.21. The summed E-state index contributed by atoms with van der Waals surface area (Å²) in [5.74, 6) is 0.494. The molecule has 100 valence electrons. The molecule has 0 N–H and O–H groups in total. The molecule has 2 rings (SSSR count). The minimum Gasteiger partial charge on any atom is -0.212 e. The monoisotopic (exact) mass is 287 g/mol. The van der Waals surface area contributed by atoms with Crippen molar-refractivity contribution in [2.75, 3.05) is 13.1 Å². The lowest BCUT2D eigenvalue weighted by molar-refractivity contribution is 0.281. The fraction of sp³-hybridized carbons (Fsp3) is 0.538. The molecule has 1 aromatic carbocycles. The van der Waals surface area contributed by atoms with Crippen molar-refractivity contribution < 1.29 is 8.42 Å². The van der Waals surface area contributed by atoms with Gasteiger partial charge in [-0.3, -0.25) is 0 Å². The molecule has 0 radical (unpaired) electrons. The maximum absolute atomic E-state index is 12.3. The third kappa shape index (κ3) is 3.46. The van der Waals surface area contributed by atoms with Crippen LogP contribution >= 0.6 is 11.6 Å². The molecule has 1 aliphatic rings. The summed E-state index contributed by atoms with van der Waals surface area (Å²) in [5, 5.41) is 0.578. The molecule has 1 fully saturated rings. The van der Waals surface area contributed by atoms with E-state index in [0.29, 0.717) is 24.0 Å². The first kappa shape index (κ1) is 13.8. The molecule has 0 amide bonds. The second-order valence-electron chi connectivity index (χ2n) is 4.99. The predicted octanol–water partition coefficient (Wildman–Crippen LogP) is 2.90. The van der Waals surface area contributed by atoms with E-state index in [1.54, 1.807) is 28.6 Å². The molecule has 18 heavy (non-hydrogen) atoms. The Kier molecular flexibility index (Phi) is 4.30. The van der Waals surface area contributed by atoms with Gasteiger partial charge >= 0.3 is 0 Å². The van der Waals surface area contributed by atoms with Crippen molar-refractivity contribution in [1.29, 1.82) is 0 Å². The number of hydrogen-bond acceptors (Lipinski definition) is 2. The molecular weight excluding hydrogens is 270 g/mol. The van der Waals surface area contributed by atoms with Crippen molar-refractivity contribution in [3.63, 3.8) is 0 Å². The van der Waals surface area contributed by atoms with Crippen LogP contribution in [0, 0.1) is 5.92 Å². The molecule has 0 spiro atoms. The third-order valence-electron chi connectivity index (χ3n) is 3.25. The van der Waals surface area contributed by atoms with E-state index in [4.69, 9.17) is 11.6 Å². The molecule has 3 nitrogen and oxygen atoms in total. The number of piperidine rings is 1. The van der Waals surface area contributed by atoms with E-state index in [9.17, 15) is 8.42 Å². The van der Waals surface area contributed by atoms with Crippen molar-refractivity contribution in [2.24, 2.45) is 5.92 Å². The smallest absolute Gasteiger partial charge is 0.212 e. The van der Waals surface area contributed by atoms with Crippen LogP contribution in [0.2, 0.25) is 5.02 Å². The summed E-state index contributed by atoms with van der Waals surface area (Å²) in [6.45, 7) is 3.39. The molecular formula is C13H18ClNO2S. The molecule has 1 saturated heterocycles. The summed E-state index contributed by atoms with van der Waals surface area (Å²) < 4.78 is 26.2. The van der Waals surface area contributed by atoms with Crippen LogP contribution < -0.4 is 0 Å². The summed E-state index contributed by atoms with van der Waals surface area (Å²) in [6.07, 6.45) is 2.07. The highest BCUT2D eigenvalue weighted by atomic mass is 35.5. The maximum Gasteiger partial charge on any atom is 0.218 e. The van der Waals surface area contributed by atoms with E-state index in [0.717, 1.165) is 18.4 Å². The zero-order valence-corrected chi connectivity index (χ0v) is 12.0. The number of hydrogen-bond donors (Lipinski definition) is 0. The van der Waals surface area contributed by atoms with Gasteiger partial charge < -0.3 is 0 Å². The Bertz CT molecular complexity index is 515. The molecule has 1 aliphatic heterocycles. The van der Waals surface area contributed by atoms with Crippen LogP contribution in [0.3, 0.4) is 0 Å². The van der Waals surface area contributed by atoms with Gasteiger partial charge in [0.15, 0.2) is 0 Å². The van der Waals surface area contributed by atoms with E-state index in [2.05, 4.69) is 6.92 Å². The van der Waals surface area contributed by atoms with E-state index < -0.39 is 10.0 Å². The maximum atomic E-state index is 12.3. The van der Waals surface area contributed by atoms with Crippen molar-refractivity contribution in [3.05, 3.63) is 34.9 Å². The van der Waals surface area contributed by atoms with E-state index >= 15 is 0 Å². The second-order valence-corrected chi connectivity index (χ2v) is 7.40. The standard InChI is InChI=1S/C13H18ClNO2S/c1-11-4-3-7-15(9-11)18(16,17)10-12-5-2-6-13(14)8-12/h2,5-6,8,11H,3-4,7,9-10H2,1H3/t11-/m0/s1. The Morgan fingerprint density at radius 3 is 2.89 bits per heavy atom. The first-order valence-electron chi connectivity index (χ1n) is 6.19. The quantitative estimate of drug-likeness (QED) is 0.857. The van der Waals surface area contributed by atoms with Crippen LogP contribution in [-0.4, -0.2) is 25.8 Å². The number of benzene rings is 1. The van der Waals surface area contributed by atoms with Gasteiger partial charge in [-0.05, 0) is 36.5 Å². The van der Waals surface area contributed by atoms with E-state index in [-0.39, 0.29) is 5.75 Å². The highest BCUT2D eigenvalue weighted by Crippen LogP contribution is 2.21. The van der Waals surface area contributed by atoms with Gasteiger partial charge in [-0.25, -0.2) is 12.7 Å². The fourth-order valence-corrected chi connectivity index (χ4v) is 4.21. The molecule has 1 heterocycles. The fourth-order valence-electron chi connectivity index (χ4n) is 2.33. The summed E-state index contributed by atoms with van der Waals surface area (Å²) in [6, 6.07) is 7.05. The van der Waals surface area contributed by atoms with Crippen LogP contribution in [0.25, 0.3) is 0 Å². The van der Waals surface area contributed by atoms with E-state index in [1.807, 2.05) is 0 Å². The van der Waals surface area contributed by atoms with Gasteiger partial charge in [-0.15, -0.1) is 0 Å². The van der Waals surface area contributed by atoms with Crippen LogP contribution in [-0.2, 0) is 15.8 Å². The molecule has 5 heteroatoms.